The van der Waals surface area contributed by atoms with E-state index in [1.165, 1.54) is 0 Å². The van der Waals surface area contributed by atoms with Gasteiger partial charge in [-0.1, -0.05) is 18.2 Å². The molecule has 81 valence electrons. The lowest BCUT2D eigenvalue weighted by Crippen LogP contribution is -2.01. The minimum Gasteiger partial charge on any atom is -0.523 e. The Balaban J connectivity index is 2.34. The third kappa shape index (κ3) is 1.70. The van der Waals surface area contributed by atoms with Crippen LogP contribution in [0.15, 0.2) is 42.6 Å². The summed E-state index contributed by atoms with van der Waals surface area (Å²) in [6.45, 7) is 0. The molecule has 3 aromatic rings. The SMILES string of the molecule is O[B]Oc1ccc2ccc3cccnc3c2n1. The fraction of sp³-hybridized carbons (Fsp3) is 0. The second kappa shape index (κ2) is 4.03. The van der Waals surface area contributed by atoms with E-state index in [0.29, 0.717) is 13.6 Å². The highest BCUT2D eigenvalue weighted by Gasteiger charge is 2.04. The summed E-state index contributed by atoms with van der Waals surface area (Å²) in [6, 6.07) is 11.4. The maximum absolute atomic E-state index is 8.60. The molecule has 0 aliphatic rings. The average Bonchev–Trinajstić information content (AvgIpc) is 2.39. The Kier molecular flexibility index (Phi) is 2.38. The first kappa shape index (κ1) is 10.0. The number of pyridine rings is 2. The maximum Gasteiger partial charge on any atom is 0.570 e. The van der Waals surface area contributed by atoms with Gasteiger partial charge in [0, 0.05) is 17.0 Å². The molecule has 0 bridgehead atoms. The van der Waals surface area contributed by atoms with Crippen LogP contribution in [-0.4, -0.2) is 22.7 Å². The van der Waals surface area contributed by atoms with E-state index in [1.807, 2.05) is 30.3 Å². The summed E-state index contributed by atoms with van der Waals surface area (Å²) in [5, 5.41) is 10.6. The van der Waals surface area contributed by atoms with Crippen molar-refractivity contribution in [3.63, 3.8) is 0 Å². The molecular formula is C12H8BN2O2. The molecule has 0 aliphatic carbocycles. The lowest BCUT2D eigenvalue weighted by molar-refractivity contribution is 0.444. The Hall–Kier alpha value is -2.14. The third-order valence-electron chi connectivity index (χ3n) is 2.58. The molecule has 2 heterocycles. The Bertz CT molecular complexity index is 687. The van der Waals surface area contributed by atoms with Crippen LogP contribution >= 0.6 is 0 Å². The van der Waals surface area contributed by atoms with E-state index < -0.39 is 0 Å². The smallest absolute Gasteiger partial charge is 0.523 e. The monoisotopic (exact) mass is 223 g/mol. The Morgan fingerprint density at radius 3 is 2.59 bits per heavy atom. The minimum absolute atomic E-state index is 0.346. The Morgan fingerprint density at radius 1 is 1.00 bits per heavy atom. The first-order valence-electron chi connectivity index (χ1n) is 5.15. The lowest BCUT2D eigenvalue weighted by Gasteiger charge is -2.04. The standard InChI is InChI=1S/C12H8BN2O2/c16-13-17-10-6-5-9-4-3-8-2-1-7-14-11(8)12(9)15-10/h1-7,16H. The molecule has 3 rings (SSSR count). The molecule has 1 N–H and O–H groups in total. The summed E-state index contributed by atoms with van der Waals surface area (Å²) < 4.78 is 4.85. The molecule has 4 nitrogen and oxygen atoms in total. The van der Waals surface area contributed by atoms with Crippen molar-refractivity contribution in [1.82, 2.24) is 9.97 Å². The van der Waals surface area contributed by atoms with Crippen LogP contribution in [0.2, 0.25) is 0 Å². The van der Waals surface area contributed by atoms with Crippen LogP contribution in [0.25, 0.3) is 21.8 Å². The number of benzene rings is 1. The fourth-order valence-electron chi connectivity index (χ4n) is 1.83. The minimum atomic E-state index is 0.346. The van der Waals surface area contributed by atoms with Crippen molar-refractivity contribution in [2.24, 2.45) is 0 Å². The van der Waals surface area contributed by atoms with E-state index in [2.05, 4.69) is 9.97 Å². The molecular weight excluding hydrogens is 215 g/mol. The van der Waals surface area contributed by atoms with Gasteiger partial charge < -0.3 is 9.68 Å². The molecule has 0 amide bonds. The zero-order valence-electron chi connectivity index (χ0n) is 8.87. The zero-order chi connectivity index (χ0) is 11.7. The fourth-order valence-corrected chi connectivity index (χ4v) is 1.83. The van der Waals surface area contributed by atoms with Crippen LogP contribution in [-0.2, 0) is 0 Å². The molecule has 1 aromatic carbocycles. The van der Waals surface area contributed by atoms with Crippen LogP contribution in [0.5, 0.6) is 5.88 Å². The summed E-state index contributed by atoms with van der Waals surface area (Å²) >= 11 is 0. The number of hydrogen-bond acceptors (Lipinski definition) is 4. The van der Waals surface area contributed by atoms with Crippen molar-refractivity contribution in [3.8, 4) is 5.88 Å². The van der Waals surface area contributed by atoms with E-state index in [9.17, 15) is 0 Å². The van der Waals surface area contributed by atoms with Gasteiger partial charge in [-0.25, -0.2) is 4.98 Å². The van der Waals surface area contributed by atoms with Crippen LogP contribution < -0.4 is 4.65 Å². The topological polar surface area (TPSA) is 55.2 Å². The van der Waals surface area contributed by atoms with Crippen LogP contribution in [0.4, 0.5) is 0 Å². The molecule has 0 aliphatic heterocycles. The van der Waals surface area contributed by atoms with Gasteiger partial charge in [-0.2, -0.15) is 0 Å². The summed E-state index contributed by atoms with van der Waals surface area (Å²) in [4.78, 5) is 8.64. The van der Waals surface area contributed by atoms with E-state index in [1.54, 1.807) is 12.3 Å². The van der Waals surface area contributed by atoms with Gasteiger partial charge in [0.2, 0.25) is 0 Å². The molecule has 17 heavy (non-hydrogen) atoms. The summed E-state index contributed by atoms with van der Waals surface area (Å²) in [5.74, 6) is 0.346. The number of fused-ring (bicyclic) bond motifs is 3. The van der Waals surface area contributed by atoms with E-state index >= 15 is 0 Å². The first-order valence-corrected chi connectivity index (χ1v) is 5.15. The van der Waals surface area contributed by atoms with Crippen molar-refractivity contribution in [3.05, 3.63) is 42.6 Å². The van der Waals surface area contributed by atoms with Crippen LogP contribution in [0.1, 0.15) is 0 Å². The van der Waals surface area contributed by atoms with Crippen molar-refractivity contribution >= 4 is 29.5 Å². The Labute approximate surface area is 98.2 Å². The van der Waals surface area contributed by atoms with Gasteiger partial charge in [-0.05, 0) is 18.2 Å². The first-order chi connectivity index (χ1) is 8.38. The Morgan fingerprint density at radius 2 is 1.76 bits per heavy atom. The number of nitrogens with zero attached hydrogens (tertiary/aromatic N) is 2. The molecule has 5 heteroatoms. The predicted octanol–water partition coefficient (Wildman–Crippen LogP) is 1.69. The van der Waals surface area contributed by atoms with Gasteiger partial charge in [0.1, 0.15) is 5.52 Å². The van der Waals surface area contributed by atoms with Gasteiger partial charge in [-0.3, -0.25) is 4.98 Å². The number of rotatable bonds is 2. The predicted molar refractivity (Wildman–Crippen MR) is 65.6 cm³/mol. The highest BCUT2D eigenvalue weighted by Crippen LogP contribution is 2.23. The van der Waals surface area contributed by atoms with Gasteiger partial charge in [-0.15, -0.1) is 0 Å². The molecule has 0 saturated carbocycles. The van der Waals surface area contributed by atoms with Crippen molar-refractivity contribution in [1.29, 1.82) is 0 Å². The maximum atomic E-state index is 8.60. The molecule has 0 unspecified atom stereocenters. The third-order valence-corrected chi connectivity index (χ3v) is 2.58. The largest absolute Gasteiger partial charge is 0.570 e. The summed E-state index contributed by atoms with van der Waals surface area (Å²) in [5.41, 5.74) is 1.59. The average molecular weight is 223 g/mol. The van der Waals surface area contributed by atoms with Gasteiger partial charge in [0.05, 0.1) is 5.52 Å². The summed E-state index contributed by atoms with van der Waals surface area (Å²) in [7, 11) is 0.618. The van der Waals surface area contributed by atoms with E-state index in [0.717, 1.165) is 21.8 Å². The van der Waals surface area contributed by atoms with Gasteiger partial charge in [0.15, 0.2) is 5.88 Å². The van der Waals surface area contributed by atoms with Crippen molar-refractivity contribution < 1.29 is 9.68 Å². The van der Waals surface area contributed by atoms with E-state index in [4.69, 9.17) is 9.68 Å². The zero-order valence-corrected chi connectivity index (χ0v) is 8.87. The van der Waals surface area contributed by atoms with Gasteiger partial charge in [0.25, 0.3) is 0 Å². The lowest BCUT2D eigenvalue weighted by atomic mass is 10.1. The van der Waals surface area contributed by atoms with Crippen LogP contribution in [0, 0.1) is 0 Å². The van der Waals surface area contributed by atoms with E-state index in [-0.39, 0.29) is 0 Å². The quantitative estimate of drug-likeness (QED) is 0.530. The second-order valence-electron chi connectivity index (χ2n) is 3.59. The van der Waals surface area contributed by atoms with Gasteiger partial charge >= 0.3 is 7.69 Å². The molecule has 0 saturated heterocycles. The molecule has 0 atom stereocenters. The second-order valence-corrected chi connectivity index (χ2v) is 3.59. The van der Waals surface area contributed by atoms with Crippen molar-refractivity contribution in [2.75, 3.05) is 0 Å². The van der Waals surface area contributed by atoms with Crippen molar-refractivity contribution in [2.45, 2.75) is 0 Å². The normalized spacial score (nSPS) is 10.6. The highest BCUT2D eigenvalue weighted by molar-refractivity contribution is 6.17. The number of hydrogen-bond donors (Lipinski definition) is 1. The van der Waals surface area contributed by atoms with Crippen LogP contribution in [0.3, 0.4) is 0 Å². The molecule has 2 aromatic heterocycles. The summed E-state index contributed by atoms with van der Waals surface area (Å²) in [6.07, 6.45) is 1.73. The highest BCUT2D eigenvalue weighted by atomic mass is 16.5. The molecule has 1 radical (unpaired) electrons. The number of aromatic nitrogens is 2. The molecule has 0 fully saturated rings. The molecule has 0 spiro atoms.